The summed E-state index contributed by atoms with van der Waals surface area (Å²) < 4.78 is 0. The van der Waals surface area contributed by atoms with E-state index < -0.39 is 0 Å². The molecule has 0 aliphatic rings. The summed E-state index contributed by atoms with van der Waals surface area (Å²) in [7, 11) is 0. The van der Waals surface area contributed by atoms with Crippen LogP contribution in [0, 0.1) is 19.8 Å². The van der Waals surface area contributed by atoms with Crippen LogP contribution in [0.25, 0.3) is 0 Å². The third-order valence-corrected chi connectivity index (χ3v) is 3.68. The zero-order valence-electron chi connectivity index (χ0n) is 12.6. The smallest absolute Gasteiger partial charge is 0.0316 e. The Balaban J connectivity index is 3.12. The molecule has 0 aromatic rings. The lowest BCUT2D eigenvalue weighted by molar-refractivity contribution is 0.435. The molecule has 0 bridgehead atoms. The summed E-state index contributed by atoms with van der Waals surface area (Å²) in [6, 6.07) is 0. The lowest BCUT2D eigenvalue weighted by Gasteiger charge is -2.10. The predicted molar refractivity (Wildman–Crippen MR) is 84.4 cm³/mol. The lowest BCUT2D eigenvalue weighted by Crippen LogP contribution is -1.95. The summed E-state index contributed by atoms with van der Waals surface area (Å²) >= 11 is 0. The van der Waals surface area contributed by atoms with Gasteiger partial charge in [-0.05, 0) is 25.7 Å². The number of hydrogen-bond acceptors (Lipinski definition) is 0. The van der Waals surface area contributed by atoms with Crippen molar-refractivity contribution in [1.82, 2.24) is 0 Å². The second-order valence-corrected chi connectivity index (χ2v) is 5.62. The van der Waals surface area contributed by atoms with Gasteiger partial charge in [0.05, 0.1) is 0 Å². The fourth-order valence-corrected chi connectivity index (χ4v) is 2.39. The van der Waals surface area contributed by atoms with Crippen molar-refractivity contribution in [2.24, 2.45) is 5.92 Å². The number of hydrogen-bond donors (Lipinski definition) is 0. The van der Waals surface area contributed by atoms with Crippen LogP contribution in [-0.2, 0) is 0 Å². The Bertz CT molecular complexity index is 169. The van der Waals surface area contributed by atoms with Crippen LogP contribution in [0.3, 0.4) is 0 Å². The second kappa shape index (κ2) is 14.8. The van der Waals surface area contributed by atoms with Gasteiger partial charge >= 0.3 is 0 Å². The van der Waals surface area contributed by atoms with E-state index in [4.69, 9.17) is 0 Å². The highest BCUT2D eigenvalue weighted by atomic mass is 14.1. The van der Waals surface area contributed by atoms with Crippen molar-refractivity contribution < 1.29 is 0 Å². The Hall–Kier alpha value is -0.260. The normalized spacial score (nSPS) is 13.3. The van der Waals surface area contributed by atoms with E-state index in [1.165, 1.54) is 70.6 Å². The molecule has 0 aromatic carbocycles. The third-order valence-electron chi connectivity index (χ3n) is 3.68. The summed E-state index contributed by atoms with van der Waals surface area (Å²) in [4.78, 5) is 0. The molecule has 0 saturated heterocycles. The maximum absolute atomic E-state index is 3.89. The second-order valence-electron chi connectivity index (χ2n) is 5.62. The Morgan fingerprint density at radius 2 is 1.39 bits per heavy atom. The average molecular weight is 250 g/mol. The summed E-state index contributed by atoms with van der Waals surface area (Å²) in [5, 5.41) is 0. The molecule has 0 saturated carbocycles. The van der Waals surface area contributed by atoms with Crippen molar-refractivity contribution >= 4 is 0 Å². The zero-order valence-corrected chi connectivity index (χ0v) is 12.6. The lowest BCUT2D eigenvalue weighted by atomic mass is 9.96. The van der Waals surface area contributed by atoms with Gasteiger partial charge in [0.2, 0.25) is 0 Å². The van der Waals surface area contributed by atoms with Crippen molar-refractivity contribution in [1.29, 1.82) is 0 Å². The fraction of sp³-hybridized carbons (Fsp3) is 0.778. The van der Waals surface area contributed by atoms with Gasteiger partial charge in [-0.3, -0.25) is 0 Å². The van der Waals surface area contributed by atoms with Gasteiger partial charge in [-0.15, -0.1) is 0 Å². The van der Waals surface area contributed by atoms with Gasteiger partial charge in [0, 0.05) is 0 Å². The molecular weight excluding hydrogens is 216 g/mol. The van der Waals surface area contributed by atoms with Crippen LogP contribution in [0.15, 0.2) is 12.2 Å². The number of unbranched alkanes of at least 4 members (excludes halogenated alkanes) is 8. The first-order chi connectivity index (χ1) is 8.81. The highest BCUT2D eigenvalue weighted by molar-refractivity contribution is 4.83. The summed E-state index contributed by atoms with van der Waals surface area (Å²) in [6.45, 7) is 10.0. The van der Waals surface area contributed by atoms with E-state index >= 15 is 0 Å². The molecule has 1 atom stereocenters. The molecule has 0 nitrogen and oxygen atoms in total. The first-order valence-electron chi connectivity index (χ1n) is 8.04. The van der Waals surface area contributed by atoms with Gasteiger partial charge in [0.1, 0.15) is 0 Å². The highest BCUT2D eigenvalue weighted by Gasteiger charge is 2.01. The van der Waals surface area contributed by atoms with Crippen LogP contribution in [-0.4, -0.2) is 0 Å². The van der Waals surface area contributed by atoms with E-state index in [2.05, 4.69) is 26.8 Å². The SMILES string of the molecule is [CH2]C=CCCCCCCCC(C)CCCCC[CH2]. The van der Waals surface area contributed by atoms with Crippen LogP contribution < -0.4 is 0 Å². The summed E-state index contributed by atoms with van der Waals surface area (Å²) in [6.07, 6.45) is 20.4. The van der Waals surface area contributed by atoms with Crippen LogP contribution in [0.4, 0.5) is 0 Å². The molecule has 0 aromatic heterocycles. The van der Waals surface area contributed by atoms with Crippen molar-refractivity contribution in [3.63, 3.8) is 0 Å². The first-order valence-corrected chi connectivity index (χ1v) is 8.04. The molecule has 0 N–H and O–H groups in total. The van der Waals surface area contributed by atoms with Crippen molar-refractivity contribution in [2.75, 3.05) is 0 Å². The summed E-state index contributed by atoms with van der Waals surface area (Å²) in [5.74, 6) is 0.934. The molecule has 106 valence electrons. The number of allylic oxidation sites excluding steroid dienone is 2. The van der Waals surface area contributed by atoms with Crippen LogP contribution >= 0.6 is 0 Å². The molecule has 2 radical (unpaired) electrons. The summed E-state index contributed by atoms with van der Waals surface area (Å²) in [5.41, 5.74) is 0. The van der Waals surface area contributed by atoms with E-state index in [-0.39, 0.29) is 0 Å². The van der Waals surface area contributed by atoms with Gasteiger partial charge < -0.3 is 0 Å². The van der Waals surface area contributed by atoms with E-state index in [0.29, 0.717) is 0 Å². The average Bonchev–Trinajstić information content (AvgIpc) is 2.38. The quantitative estimate of drug-likeness (QED) is 0.326. The molecule has 0 spiro atoms. The van der Waals surface area contributed by atoms with E-state index in [9.17, 15) is 0 Å². The van der Waals surface area contributed by atoms with Crippen molar-refractivity contribution in [3.8, 4) is 0 Å². The maximum Gasteiger partial charge on any atom is -0.0316 e. The molecule has 0 aliphatic heterocycles. The molecule has 0 heterocycles. The Morgan fingerprint density at radius 1 is 0.833 bits per heavy atom. The third kappa shape index (κ3) is 13.8. The van der Waals surface area contributed by atoms with E-state index in [1.807, 2.05) is 6.08 Å². The Labute approximate surface area is 116 Å². The molecule has 0 aliphatic carbocycles. The molecule has 0 amide bonds. The van der Waals surface area contributed by atoms with Gasteiger partial charge in [-0.25, -0.2) is 0 Å². The molecule has 0 heteroatoms. The number of rotatable bonds is 13. The van der Waals surface area contributed by atoms with Gasteiger partial charge in [0.15, 0.2) is 0 Å². The van der Waals surface area contributed by atoms with Crippen molar-refractivity contribution in [2.45, 2.75) is 84.0 Å². The molecular formula is C18H34. The molecule has 0 rings (SSSR count). The molecule has 1 unspecified atom stereocenters. The molecule has 0 fully saturated rings. The Kier molecular flexibility index (Phi) is 14.6. The Morgan fingerprint density at radius 3 is 2.00 bits per heavy atom. The topological polar surface area (TPSA) is 0 Å². The van der Waals surface area contributed by atoms with Crippen LogP contribution in [0.5, 0.6) is 0 Å². The molecule has 18 heavy (non-hydrogen) atoms. The van der Waals surface area contributed by atoms with Gasteiger partial charge in [-0.1, -0.05) is 90.2 Å². The highest BCUT2D eigenvalue weighted by Crippen LogP contribution is 2.17. The largest absolute Gasteiger partial charge is 0.0885 e. The van der Waals surface area contributed by atoms with Crippen LogP contribution in [0.1, 0.15) is 84.0 Å². The minimum Gasteiger partial charge on any atom is -0.0885 e. The van der Waals surface area contributed by atoms with Gasteiger partial charge in [0.25, 0.3) is 0 Å². The monoisotopic (exact) mass is 250 g/mol. The first kappa shape index (κ1) is 17.7. The zero-order chi connectivity index (χ0) is 13.5. The van der Waals surface area contributed by atoms with Crippen molar-refractivity contribution in [3.05, 3.63) is 26.0 Å². The van der Waals surface area contributed by atoms with Gasteiger partial charge in [-0.2, -0.15) is 0 Å². The minimum absolute atomic E-state index is 0.934. The van der Waals surface area contributed by atoms with E-state index in [0.717, 1.165) is 12.3 Å². The minimum atomic E-state index is 0.934. The van der Waals surface area contributed by atoms with Crippen LogP contribution in [0.2, 0.25) is 0 Å². The predicted octanol–water partition coefficient (Wildman–Crippen LogP) is 6.53. The maximum atomic E-state index is 3.89. The standard InChI is InChI=1S/C18H34/c1-4-6-8-10-11-12-13-15-17-18(3)16-14-9-7-5-2/h4,6,18H,1-2,5,7-17H2,3H3. The fourth-order valence-electron chi connectivity index (χ4n) is 2.39. The van der Waals surface area contributed by atoms with E-state index in [1.54, 1.807) is 0 Å².